The number of phenols is 1. The van der Waals surface area contributed by atoms with Gasteiger partial charge in [0.25, 0.3) is 11.8 Å². The van der Waals surface area contributed by atoms with Gasteiger partial charge in [0.15, 0.2) is 21.2 Å². The number of carbonyl (C=O) groups is 5. The molecule has 10 nitrogen and oxygen atoms in total. The molecule has 1 saturated carbocycles. The van der Waals surface area contributed by atoms with Gasteiger partial charge in [-0.15, -0.1) is 23.2 Å². The van der Waals surface area contributed by atoms with Gasteiger partial charge in [-0.2, -0.15) is 0 Å². The minimum atomic E-state index is -2.06. The van der Waals surface area contributed by atoms with Crippen LogP contribution in [0.25, 0.3) is 0 Å². The van der Waals surface area contributed by atoms with Crippen molar-refractivity contribution in [3.63, 3.8) is 0 Å². The number of allylic oxidation sites excluding steroid dienone is 2. The number of carboxylic acids is 1. The van der Waals surface area contributed by atoms with Gasteiger partial charge in [-0.25, -0.2) is 0 Å². The van der Waals surface area contributed by atoms with E-state index < -0.39 is 63.0 Å². The Balaban J connectivity index is 1.67. The van der Waals surface area contributed by atoms with Gasteiger partial charge in [0.2, 0.25) is 11.8 Å². The molecule has 0 bridgehead atoms. The summed E-state index contributed by atoms with van der Waals surface area (Å²) in [6, 6.07) is 3.09. The number of alkyl halides is 3. The number of likely N-dealkylation sites (tertiary alicyclic amines) is 2. The quantitative estimate of drug-likeness (QED) is 0.188. The summed E-state index contributed by atoms with van der Waals surface area (Å²) in [6.07, 6.45) is 1.62. The highest BCUT2D eigenvalue weighted by atomic mass is 79.9. The summed E-state index contributed by atoms with van der Waals surface area (Å²) in [4.78, 5) is 63.4. The number of hydrogen-bond donors (Lipinski definition) is 2. The van der Waals surface area contributed by atoms with E-state index in [1.54, 1.807) is 12.1 Å². The van der Waals surface area contributed by atoms with Crippen LogP contribution in [-0.4, -0.2) is 78.5 Å². The number of carbonyl (C=O) groups excluding carboxylic acids is 4. The smallest absolute Gasteiger partial charge is 0.303 e. The SMILES string of the molecule is COc1cc(Br)cc([C@H]2C3=CC[C@@H]4C(=O)N(CCCC(=O)O)C(=O)[C@@H]4[C@@H]3C[C@@]3(Cl)C(=O)N(CBr)C(=O)[C@@]23Cl)c1O. The van der Waals surface area contributed by atoms with E-state index >= 15 is 0 Å². The third-order valence-corrected chi connectivity index (χ3v) is 10.9. The van der Waals surface area contributed by atoms with E-state index in [1.807, 2.05) is 0 Å². The Morgan fingerprint density at radius 2 is 1.82 bits per heavy atom. The summed E-state index contributed by atoms with van der Waals surface area (Å²) >= 11 is 20.9. The highest BCUT2D eigenvalue weighted by molar-refractivity contribution is 9.10. The van der Waals surface area contributed by atoms with E-state index in [0.717, 1.165) is 9.80 Å². The van der Waals surface area contributed by atoms with Crippen LogP contribution < -0.4 is 4.74 Å². The van der Waals surface area contributed by atoms with Crippen LogP contribution >= 0.6 is 55.1 Å². The number of nitrogens with zero attached hydrogens (tertiary/aromatic N) is 2. The van der Waals surface area contributed by atoms with E-state index in [1.165, 1.54) is 13.2 Å². The molecule has 2 N–H and O–H groups in total. The zero-order valence-corrected chi connectivity index (χ0v) is 25.7. The highest BCUT2D eigenvalue weighted by Crippen LogP contribution is 2.66. The van der Waals surface area contributed by atoms with Crippen molar-refractivity contribution in [1.82, 2.24) is 9.80 Å². The molecule has 0 spiro atoms. The van der Waals surface area contributed by atoms with Crippen LogP contribution in [0.1, 0.15) is 37.2 Å². The Labute approximate surface area is 255 Å². The topological polar surface area (TPSA) is 142 Å². The molecule has 2 heterocycles. The van der Waals surface area contributed by atoms with E-state index in [9.17, 15) is 29.1 Å². The molecule has 40 heavy (non-hydrogen) atoms. The third-order valence-electron chi connectivity index (χ3n) is 8.48. The number of rotatable bonds is 7. The Morgan fingerprint density at radius 3 is 2.45 bits per heavy atom. The molecule has 214 valence electrons. The number of hydrogen-bond acceptors (Lipinski definition) is 7. The first-order valence-corrected chi connectivity index (χ1v) is 15.1. The Bertz CT molecular complexity index is 1390. The van der Waals surface area contributed by atoms with E-state index in [-0.39, 0.29) is 54.7 Å². The molecule has 1 aromatic rings. The van der Waals surface area contributed by atoms with Crippen molar-refractivity contribution < 1.29 is 38.9 Å². The van der Waals surface area contributed by atoms with Crippen LogP contribution in [0.2, 0.25) is 0 Å². The van der Waals surface area contributed by atoms with Crippen LogP contribution in [-0.2, 0) is 24.0 Å². The van der Waals surface area contributed by atoms with Gasteiger partial charge >= 0.3 is 5.97 Å². The molecule has 2 aliphatic carbocycles. The molecule has 3 fully saturated rings. The number of imide groups is 2. The van der Waals surface area contributed by atoms with Gasteiger partial charge in [0.1, 0.15) is 0 Å². The van der Waals surface area contributed by atoms with Gasteiger partial charge in [-0.05, 0) is 37.3 Å². The van der Waals surface area contributed by atoms with Gasteiger partial charge < -0.3 is 14.9 Å². The highest BCUT2D eigenvalue weighted by Gasteiger charge is 2.76. The van der Waals surface area contributed by atoms with Crippen molar-refractivity contribution in [3.05, 3.63) is 33.8 Å². The van der Waals surface area contributed by atoms with Crippen molar-refractivity contribution >= 4 is 84.7 Å². The molecule has 6 atom stereocenters. The third kappa shape index (κ3) is 3.96. The summed E-state index contributed by atoms with van der Waals surface area (Å²) in [5, 5.41) is 20.2. The molecule has 4 amide bonds. The van der Waals surface area contributed by atoms with Crippen LogP contribution in [0.3, 0.4) is 0 Å². The summed E-state index contributed by atoms with van der Waals surface area (Å²) in [5.74, 6) is -7.19. The molecule has 4 aliphatic rings. The van der Waals surface area contributed by atoms with Crippen molar-refractivity contribution in [3.8, 4) is 11.5 Å². The lowest BCUT2D eigenvalue weighted by atomic mass is 9.56. The van der Waals surface area contributed by atoms with Gasteiger partial charge in [0.05, 0.1) is 24.4 Å². The minimum Gasteiger partial charge on any atom is -0.504 e. The number of carboxylic acid groups (broad SMARTS) is 1. The standard InChI is InChI=1S/C26H24Br2Cl2N2O8/c1-40-16-8-11(28)7-14(20(16)35)19-12-4-5-13-18(22(37)31(21(13)36)6-2-3-17(33)34)15(12)9-25(29)23(38)32(10-27)24(39)26(19,25)30/h4,7-8,13,15,18-19,35H,2-3,5-6,9-10H2,1H3,(H,33,34)/t13-,15+,18-,19+,25+,26-/m0/s1. The van der Waals surface area contributed by atoms with Crippen LogP contribution in [0, 0.1) is 17.8 Å². The van der Waals surface area contributed by atoms with Crippen LogP contribution in [0.15, 0.2) is 28.3 Å². The van der Waals surface area contributed by atoms with Gasteiger partial charge in [-0.1, -0.05) is 43.5 Å². The average molecular weight is 723 g/mol. The largest absolute Gasteiger partial charge is 0.504 e. The number of methoxy groups -OCH3 is 1. The summed E-state index contributed by atoms with van der Waals surface area (Å²) in [7, 11) is 1.36. The fourth-order valence-electron chi connectivity index (χ4n) is 6.74. The molecule has 14 heteroatoms. The first-order valence-electron chi connectivity index (χ1n) is 12.5. The Kier molecular flexibility index (Phi) is 7.55. The first-order chi connectivity index (χ1) is 18.8. The number of amides is 4. The van der Waals surface area contributed by atoms with Crippen molar-refractivity contribution in [2.24, 2.45) is 17.8 Å². The molecule has 0 unspecified atom stereocenters. The number of phenolic OH excluding ortho intramolecular Hbond substituents is 1. The molecule has 2 aliphatic heterocycles. The van der Waals surface area contributed by atoms with E-state index in [4.69, 9.17) is 33.0 Å². The number of fused-ring (bicyclic) bond motifs is 4. The Hall–Kier alpha value is -2.15. The van der Waals surface area contributed by atoms with Crippen molar-refractivity contribution in [2.75, 3.05) is 19.1 Å². The first kappa shape index (κ1) is 29.3. The number of benzene rings is 1. The molecule has 0 aromatic heterocycles. The Morgan fingerprint density at radius 1 is 1.12 bits per heavy atom. The fourth-order valence-corrected chi connectivity index (χ4v) is 8.61. The monoisotopic (exact) mass is 720 g/mol. The lowest BCUT2D eigenvalue weighted by Gasteiger charge is -2.50. The maximum absolute atomic E-state index is 13.8. The normalized spacial score (nSPS) is 33.1. The van der Waals surface area contributed by atoms with Crippen molar-refractivity contribution in [2.45, 2.75) is 41.3 Å². The fraction of sp³-hybridized carbons (Fsp3) is 0.500. The average Bonchev–Trinajstić information content (AvgIpc) is 3.23. The van der Waals surface area contributed by atoms with Crippen molar-refractivity contribution in [1.29, 1.82) is 0 Å². The second-order valence-electron chi connectivity index (χ2n) is 10.4. The number of ether oxygens (including phenoxy) is 1. The maximum atomic E-state index is 13.8. The van der Waals surface area contributed by atoms with Gasteiger partial charge in [0, 0.05) is 28.9 Å². The van der Waals surface area contributed by atoms with E-state index in [2.05, 4.69) is 31.9 Å². The van der Waals surface area contributed by atoms with Gasteiger partial charge in [-0.3, -0.25) is 33.8 Å². The molecule has 2 saturated heterocycles. The summed E-state index contributed by atoms with van der Waals surface area (Å²) in [5.41, 5.74) is 0.529. The zero-order valence-electron chi connectivity index (χ0n) is 21.0. The second kappa shape index (κ2) is 10.3. The zero-order chi connectivity index (χ0) is 29.3. The second-order valence-corrected chi connectivity index (χ2v) is 13.0. The van der Waals surface area contributed by atoms with Crippen LogP contribution in [0.5, 0.6) is 11.5 Å². The molecule has 0 radical (unpaired) electrons. The molecular weight excluding hydrogens is 699 g/mol. The lowest BCUT2D eigenvalue weighted by Crippen LogP contribution is -2.60. The molecule has 5 rings (SSSR count). The van der Waals surface area contributed by atoms with E-state index in [0.29, 0.717) is 10.0 Å². The predicted molar refractivity (Wildman–Crippen MR) is 149 cm³/mol. The minimum absolute atomic E-state index is 0.0493. The number of halogens is 4. The summed E-state index contributed by atoms with van der Waals surface area (Å²) in [6.45, 7) is -0.0493. The predicted octanol–water partition coefficient (Wildman–Crippen LogP) is 3.74. The molecule has 1 aromatic carbocycles. The molecular formula is C26H24Br2Cl2N2O8. The maximum Gasteiger partial charge on any atom is 0.303 e. The summed E-state index contributed by atoms with van der Waals surface area (Å²) < 4.78 is 5.83. The lowest BCUT2D eigenvalue weighted by molar-refractivity contribution is -0.142. The number of aromatic hydroxyl groups is 1. The number of aliphatic carboxylic acids is 1. The van der Waals surface area contributed by atoms with Crippen LogP contribution in [0.4, 0.5) is 0 Å².